The topological polar surface area (TPSA) is 51.5 Å². The molecular weight excluding hydrogens is 269 g/mol. The van der Waals surface area contributed by atoms with E-state index < -0.39 is 17.2 Å². The lowest BCUT2D eigenvalue weighted by atomic mass is 10.3. The molecule has 0 saturated heterocycles. The zero-order chi connectivity index (χ0) is 13.8. The minimum absolute atomic E-state index is 0.293. The van der Waals surface area contributed by atoms with E-state index in [0.29, 0.717) is 21.9 Å². The maximum atomic E-state index is 11.7. The average molecular weight is 280 g/mol. The second kappa shape index (κ2) is 5.94. The highest BCUT2D eigenvalue weighted by Gasteiger charge is 2.30. The lowest BCUT2D eigenvalue weighted by molar-refractivity contribution is -0.325. The molecule has 1 aromatic rings. The number of aromatic nitrogens is 1. The summed E-state index contributed by atoms with van der Waals surface area (Å²) in [5.41, 5.74) is 0.866. The van der Waals surface area contributed by atoms with Crippen LogP contribution in [0.15, 0.2) is 22.3 Å². The predicted molar refractivity (Wildman–Crippen MR) is 60.7 cm³/mol. The number of pyridine rings is 1. The van der Waals surface area contributed by atoms with Gasteiger partial charge in [-0.3, -0.25) is 14.0 Å². The van der Waals surface area contributed by atoms with E-state index in [1.165, 1.54) is 12.3 Å². The van der Waals surface area contributed by atoms with Crippen LogP contribution in [-0.2, 0) is 15.6 Å². The maximum Gasteiger partial charge on any atom is 0.593 e. The zero-order valence-corrected chi connectivity index (χ0v) is 10.5. The molecule has 1 rings (SSSR count). The van der Waals surface area contributed by atoms with Gasteiger partial charge in [0.25, 0.3) is 0 Å². The van der Waals surface area contributed by atoms with Crippen LogP contribution in [0.2, 0.25) is 0 Å². The van der Waals surface area contributed by atoms with Gasteiger partial charge in [0.05, 0.1) is 27.6 Å². The second-order valence-corrected chi connectivity index (χ2v) is 4.97. The molecule has 1 atom stereocenters. The van der Waals surface area contributed by atoms with Crippen LogP contribution in [0, 0.1) is 6.92 Å². The van der Waals surface area contributed by atoms with E-state index in [1.54, 1.807) is 13.8 Å². The highest BCUT2D eigenvalue weighted by molar-refractivity contribution is 7.85. The normalized spacial score (nSPS) is 13.8. The van der Waals surface area contributed by atoms with Crippen LogP contribution in [0.4, 0.5) is 13.2 Å². The number of alkyl halides is 3. The van der Waals surface area contributed by atoms with Gasteiger partial charge in [0.15, 0.2) is 0 Å². The highest BCUT2D eigenvalue weighted by Crippen LogP contribution is 2.16. The standard InChI is InChI=1S/C10H11F3N2O2S/c1-3-18(16)9-4-8(5-14-7(9)2)6-15-17-10(11,12)13/h4-6H,3H2,1-2H3/b15-6+. The van der Waals surface area contributed by atoms with Gasteiger partial charge >= 0.3 is 6.36 Å². The third-order valence-corrected chi connectivity index (χ3v) is 3.36. The van der Waals surface area contributed by atoms with Crippen molar-refractivity contribution in [2.24, 2.45) is 5.16 Å². The van der Waals surface area contributed by atoms with Gasteiger partial charge in [0.1, 0.15) is 0 Å². The molecule has 0 spiro atoms. The van der Waals surface area contributed by atoms with Crippen molar-refractivity contribution >= 4 is 17.0 Å². The molecule has 0 N–H and O–H groups in total. The van der Waals surface area contributed by atoms with E-state index in [9.17, 15) is 17.4 Å². The van der Waals surface area contributed by atoms with Gasteiger partial charge in [0.2, 0.25) is 0 Å². The van der Waals surface area contributed by atoms with Crippen molar-refractivity contribution in [1.82, 2.24) is 4.98 Å². The first-order valence-electron chi connectivity index (χ1n) is 4.96. The number of nitrogens with zero attached hydrogens (tertiary/aromatic N) is 2. The van der Waals surface area contributed by atoms with Crippen molar-refractivity contribution < 1.29 is 22.2 Å². The minimum Gasteiger partial charge on any atom is -0.294 e. The molecule has 4 nitrogen and oxygen atoms in total. The molecule has 0 aromatic carbocycles. The molecule has 0 aliphatic rings. The molecule has 0 radical (unpaired) electrons. The quantitative estimate of drug-likeness (QED) is 0.628. The maximum absolute atomic E-state index is 11.7. The van der Waals surface area contributed by atoms with Gasteiger partial charge in [-0.05, 0) is 13.0 Å². The Morgan fingerprint density at radius 3 is 2.78 bits per heavy atom. The number of aryl methyl sites for hydroxylation is 1. The monoisotopic (exact) mass is 280 g/mol. The summed E-state index contributed by atoms with van der Waals surface area (Å²) in [5.74, 6) is 0.405. The largest absolute Gasteiger partial charge is 0.593 e. The third-order valence-electron chi connectivity index (χ3n) is 1.93. The van der Waals surface area contributed by atoms with Crippen LogP contribution in [0.25, 0.3) is 0 Å². The molecule has 100 valence electrons. The summed E-state index contributed by atoms with van der Waals surface area (Å²) in [6, 6.07) is 1.48. The van der Waals surface area contributed by atoms with Crippen molar-refractivity contribution in [2.75, 3.05) is 5.75 Å². The van der Waals surface area contributed by atoms with E-state index >= 15 is 0 Å². The third kappa shape index (κ3) is 4.44. The summed E-state index contributed by atoms with van der Waals surface area (Å²) in [4.78, 5) is 7.68. The smallest absolute Gasteiger partial charge is 0.294 e. The molecular formula is C10H11F3N2O2S. The fraction of sp³-hybridized carbons (Fsp3) is 0.400. The van der Waals surface area contributed by atoms with Crippen molar-refractivity contribution in [2.45, 2.75) is 25.1 Å². The Kier molecular flexibility index (Phi) is 4.83. The first-order valence-corrected chi connectivity index (χ1v) is 6.28. The molecule has 1 heterocycles. The number of rotatable bonds is 4. The Balaban J connectivity index is 2.89. The summed E-state index contributed by atoms with van der Waals surface area (Å²) in [6.45, 7) is 3.42. The van der Waals surface area contributed by atoms with Crippen LogP contribution in [-0.4, -0.2) is 27.5 Å². The van der Waals surface area contributed by atoms with Crippen LogP contribution in [0.1, 0.15) is 18.2 Å². The van der Waals surface area contributed by atoms with Gasteiger partial charge in [0, 0.05) is 17.5 Å². The van der Waals surface area contributed by atoms with Crippen molar-refractivity contribution in [3.05, 3.63) is 23.5 Å². The zero-order valence-electron chi connectivity index (χ0n) is 9.69. The highest BCUT2D eigenvalue weighted by atomic mass is 32.2. The van der Waals surface area contributed by atoms with Crippen LogP contribution in [0.3, 0.4) is 0 Å². The van der Waals surface area contributed by atoms with E-state index in [0.717, 1.165) is 6.21 Å². The van der Waals surface area contributed by atoms with E-state index in [2.05, 4.69) is 15.0 Å². The number of hydrogen-bond acceptors (Lipinski definition) is 4. The Bertz CT molecular complexity index is 475. The molecule has 0 fully saturated rings. The Morgan fingerprint density at radius 2 is 2.22 bits per heavy atom. The Morgan fingerprint density at radius 1 is 1.56 bits per heavy atom. The number of hydrogen-bond donors (Lipinski definition) is 0. The summed E-state index contributed by atoms with van der Waals surface area (Å²) >= 11 is 0. The van der Waals surface area contributed by atoms with Gasteiger partial charge in [-0.1, -0.05) is 12.1 Å². The summed E-state index contributed by atoms with van der Waals surface area (Å²) in [5, 5.41) is 2.78. The second-order valence-electron chi connectivity index (χ2n) is 3.26. The van der Waals surface area contributed by atoms with Crippen molar-refractivity contribution in [3.8, 4) is 0 Å². The van der Waals surface area contributed by atoms with Crippen molar-refractivity contribution in [3.63, 3.8) is 0 Å². The molecule has 1 aromatic heterocycles. The molecule has 0 aliphatic heterocycles. The molecule has 18 heavy (non-hydrogen) atoms. The van der Waals surface area contributed by atoms with Gasteiger partial charge < -0.3 is 0 Å². The molecule has 8 heteroatoms. The molecule has 0 bridgehead atoms. The first kappa shape index (κ1) is 14.6. The summed E-state index contributed by atoms with van der Waals surface area (Å²) in [6.07, 6.45) is -2.62. The molecule has 0 saturated carbocycles. The van der Waals surface area contributed by atoms with E-state index in [-0.39, 0.29) is 0 Å². The van der Waals surface area contributed by atoms with E-state index in [4.69, 9.17) is 0 Å². The van der Waals surface area contributed by atoms with Gasteiger partial charge in [-0.2, -0.15) is 0 Å². The molecule has 0 aliphatic carbocycles. The Labute approximate surface area is 104 Å². The van der Waals surface area contributed by atoms with E-state index in [1.807, 2.05) is 0 Å². The predicted octanol–water partition coefficient (Wildman–Crippen LogP) is 2.39. The van der Waals surface area contributed by atoms with Crippen LogP contribution >= 0.6 is 0 Å². The Hall–Kier alpha value is -1.44. The van der Waals surface area contributed by atoms with Gasteiger partial charge in [-0.15, -0.1) is 13.2 Å². The SMILES string of the molecule is CCS(=O)c1cc(/C=N/OC(F)(F)F)cnc1C. The lowest BCUT2D eigenvalue weighted by Crippen LogP contribution is -2.09. The van der Waals surface area contributed by atoms with Crippen LogP contribution in [0.5, 0.6) is 0 Å². The summed E-state index contributed by atoms with van der Waals surface area (Å²) < 4.78 is 46.7. The fourth-order valence-electron chi connectivity index (χ4n) is 1.13. The van der Waals surface area contributed by atoms with Gasteiger partial charge in [-0.25, -0.2) is 0 Å². The number of oxime groups is 1. The van der Waals surface area contributed by atoms with Crippen molar-refractivity contribution in [1.29, 1.82) is 0 Å². The fourth-order valence-corrected chi connectivity index (χ4v) is 2.09. The lowest BCUT2D eigenvalue weighted by Gasteiger charge is -2.04. The first-order chi connectivity index (χ1) is 8.33. The molecule has 0 amide bonds. The van der Waals surface area contributed by atoms with Crippen LogP contribution < -0.4 is 0 Å². The molecule has 1 unspecified atom stereocenters. The number of halogens is 3. The minimum atomic E-state index is -4.82. The average Bonchev–Trinajstić information content (AvgIpc) is 2.28. The summed E-state index contributed by atoms with van der Waals surface area (Å²) in [7, 11) is -1.22.